The van der Waals surface area contributed by atoms with Gasteiger partial charge in [0.2, 0.25) is 0 Å². The van der Waals surface area contributed by atoms with Crippen LogP contribution in [0.15, 0.2) is 18.2 Å². The first-order valence-corrected chi connectivity index (χ1v) is 8.15. The van der Waals surface area contributed by atoms with E-state index in [9.17, 15) is 14.9 Å². The van der Waals surface area contributed by atoms with Crippen molar-refractivity contribution < 1.29 is 9.72 Å². The Labute approximate surface area is 127 Å². The average Bonchev–Trinajstić information content (AvgIpc) is 2.98. The van der Waals surface area contributed by atoms with Crippen LogP contribution in [0.2, 0.25) is 0 Å². The third kappa shape index (κ3) is 4.10. The molecule has 1 aromatic rings. The van der Waals surface area contributed by atoms with Gasteiger partial charge < -0.3 is 10.6 Å². The molecule has 21 heavy (non-hydrogen) atoms. The number of carbonyl (C=O) groups is 1. The largest absolute Gasteiger partial charge is 0.380 e. The molecule has 1 saturated heterocycles. The fourth-order valence-corrected chi connectivity index (χ4v) is 3.54. The SMILES string of the molecule is CCNc1cc(C(=O)NCC2CCSC2)ccc1[N+](=O)[O-]. The van der Waals surface area contributed by atoms with Crippen molar-refractivity contribution in [3.8, 4) is 0 Å². The van der Waals surface area contributed by atoms with Crippen molar-refractivity contribution in [2.45, 2.75) is 13.3 Å². The highest BCUT2D eigenvalue weighted by atomic mass is 32.2. The summed E-state index contributed by atoms with van der Waals surface area (Å²) in [4.78, 5) is 22.6. The summed E-state index contributed by atoms with van der Waals surface area (Å²) in [5, 5.41) is 16.8. The number of nitrogens with zero attached hydrogens (tertiary/aromatic N) is 1. The maximum absolute atomic E-state index is 12.1. The number of anilines is 1. The first-order chi connectivity index (χ1) is 10.1. The Balaban J connectivity index is 2.05. The van der Waals surface area contributed by atoms with Gasteiger partial charge in [0.05, 0.1) is 4.92 Å². The van der Waals surface area contributed by atoms with E-state index < -0.39 is 4.92 Å². The molecule has 0 saturated carbocycles. The molecule has 0 aliphatic carbocycles. The summed E-state index contributed by atoms with van der Waals surface area (Å²) in [6.45, 7) is 3.08. The highest BCUT2D eigenvalue weighted by Gasteiger charge is 2.19. The number of benzene rings is 1. The van der Waals surface area contributed by atoms with Gasteiger partial charge in [0.1, 0.15) is 5.69 Å². The Bertz CT molecular complexity index is 530. The lowest BCUT2D eigenvalue weighted by Crippen LogP contribution is -2.29. The lowest BCUT2D eigenvalue weighted by Gasteiger charge is -2.11. The topological polar surface area (TPSA) is 84.3 Å². The zero-order chi connectivity index (χ0) is 15.2. The van der Waals surface area contributed by atoms with E-state index in [4.69, 9.17) is 0 Å². The summed E-state index contributed by atoms with van der Waals surface area (Å²) in [7, 11) is 0. The molecule has 1 aliphatic heterocycles. The van der Waals surface area contributed by atoms with E-state index in [2.05, 4.69) is 10.6 Å². The second-order valence-electron chi connectivity index (χ2n) is 4.96. The van der Waals surface area contributed by atoms with Crippen LogP contribution < -0.4 is 10.6 Å². The van der Waals surface area contributed by atoms with Gasteiger partial charge in [-0.3, -0.25) is 14.9 Å². The van der Waals surface area contributed by atoms with Gasteiger partial charge in [0, 0.05) is 24.7 Å². The molecule has 114 valence electrons. The fraction of sp³-hybridized carbons (Fsp3) is 0.500. The molecule has 1 aromatic carbocycles. The summed E-state index contributed by atoms with van der Waals surface area (Å²) in [6.07, 6.45) is 1.13. The summed E-state index contributed by atoms with van der Waals surface area (Å²) < 4.78 is 0. The Morgan fingerprint density at radius 3 is 2.95 bits per heavy atom. The third-order valence-electron chi connectivity index (χ3n) is 3.40. The number of nitrogens with one attached hydrogen (secondary N) is 2. The number of hydrogen-bond acceptors (Lipinski definition) is 5. The van der Waals surface area contributed by atoms with Crippen molar-refractivity contribution in [1.82, 2.24) is 5.32 Å². The minimum atomic E-state index is -0.449. The van der Waals surface area contributed by atoms with Crippen molar-refractivity contribution in [3.05, 3.63) is 33.9 Å². The lowest BCUT2D eigenvalue weighted by molar-refractivity contribution is -0.384. The maximum atomic E-state index is 12.1. The molecule has 6 nitrogen and oxygen atoms in total. The second kappa shape index (κ2) is 7.31. The zero-order valence-electron chi connectivity index (χ0n) is 11.9. The van der Waals surface area contributed by atoms with Gasteiger partial charge in [-0.1, -0.05) is 0 Å². The van der Waals surface area contributed by atoms with Crippen LogP contribution >= 0.6 is 11.8 Å². The molecule has 0 radical (unpaired) electrons. The Morgan fingerprint density at radius 1 is 1.52 bits per heavy atom. The van der Waals surface area contributed by atoms with Gasteiger partial charge >= 0.3 is 0 Å². The van der Waals surface area contributed by atoms with Gasteiger partial charge in [-0.25, -0.2) is 0 Å². The van der Waals surface area contributed by atoms with Crippen LogP contribution in [0.4, 0.5) is 11.4 Å². The van der Waals surface area contributed by atoms with Crippen LogP contribution in [0.5, 0.6) is 0 Å². The molecule has 1 amide bonds. The average molecular weight is 309 g/mol. The molecule has 1 heterocycles. The van der Waals surface area contributed by atoms with Gasteiger partial charge in [-0.15, -0.1) is 0 Å². The first kappa shape index (κ1) is 15.6. The van der Waals surface area contributed by atoms with E-state index >= 15 is 0 Å². The monoisotopic (exact) mass is 309 g/mol. The van der Waals surface area contributed by atoms with Crippen molar-refractivity contribution in [2.24, 2.45) is 5.92 Å². The minimum absolute atomic E-state index is 0.0133. The Morgan fingerprint density at radius 2 is 2.33 bits per heavy atom. The molecule has 2 N–H and O–H groups in total. The van der Waals surface area contributed by atoms with Crippen LogP contribution in [0.3, 0.4) is 0 Å². The van der Waals surface area contributed by atoms with Gasteiger partial charge in [-0.2, -0.15) is 11.8 Å². The number of nitro groups is 1. The molecular weight excluding hydrogens is 290 g/mol. The number of thioether (sulfide) groups is 1. The third-order valence-corrected chi connectivity index (χ3v) is 4.63. The normalized spacial score (nSPS) is 17.5. The van der Waals surface area contributed by atoms with Crippen molar-refractivity contribution >= 4 is 29.0 Å². The van der Waals surface area contributed by atoms with E-state index in [0.717, 1.165) is 17.9 Å². The molecule has 0 bridgehead atoms. The smallest absolute Gasteiger partial charge is 0.292 e. The summed E-state index contributed by atoms with van der Waals surface area (Å²) >= 11 is 1.91. The molecule has 1 aliphatic rings. The van der Waals surface area contributed by atoms with E-state index in [0.29, 0.717) is 30.3 Å². The van der Waals surface area contributed by atoms with E-state index in [1.54, 1.807) is 6.07 Å². The Hall–Kier alpha value is -1.76. The van der Waals surface area contributed by atoms with Crippen LogP contribution in [-0.2, 0) is 0 Å². The number of amides is 1. The summed E-state index contributed by atoms with van der Waals surface area (Å²) in [5.74, 6) is 2.59. The molecule has 1 fully saturated rings. The van der Waals surface area contributed by atoms with Crippen LogP contribution in [0.25, 0.3) is 0 Å². The molecule has 2 rings (SSSR count). The predicted octanol–water partition coefficient (Wildman–Crippen LogP) is 2.51. The van der Waals surface area contributed by atoms with Gasteiger partial charge in [-0.05, 0) is 42.9 Å². The van der Waals surface area contributed by atoms with E-state index in [-0.39, 0.29) is 11.6 Å². The van der Waals surface area contributed by atoms with E-state index in [1.165, 1.54) is 12.1 Å². The molecule has 7 heteroatoms. The van der Waals surface area contributed by atoms with Crippen LogP contribution in [0.1, 0.15) is 23.7 Å². The number of rotatable bonds is 6. The van der Waals surface area contributed by atoms with Crippen LogP contribution in [0, 0.1) is 16.0 Å². The number of carbonyl (C=O) groups excluding carboxylic acids is 1. The molecule has 1 unspecified atom stereocenters. The summed E-state index contributed by atoms with van der Waals surface area (Å²) in [6, 6.07) is 4.41. The van der Waals surface area contributed by atoms with Gasteiger partial charge in [0.15, 0.2) is 0 Å². The standard InChI is InChI=1S/C14H19N3O3S/c1-2-15-12-7-11(3-4-13(12)17(19)20)14(18)16-8-10-5-6-21-9-10/h3-4,7,10,15H,2,5-6,8-9H2,1H3,(H,16,18). The second-order valence-corrected chi connectivity index (χ2v) is 6.11. The molecular formula is C14H19N3O3S. The Kier molecular flexibility index (Phi) is 5.44. The predicted molar refractivity (Wildman–Crippen MR) is 85.0 cm³/mol. The minimum Gasteiger partial charge on any atom is -0.380 e. The maximum Gasteiger partial charge on any atom is 0.292 e. The van der Waals surface area contributed by atoms with E-state index in [1.807, 2.05) is 18.7 Å². The zero-order valence-corrected chi connectivity index (χ0v) is 12.7. The van der Waals surface area contributed by atoms with Crippen molar-refractivity contribution in [2.75, 3.05) is 29.9 Å². The lowest BCUT2D eigenvalue weighted by atomic mass is 10.1. The molecule has 0 spiro atoms. The first-order valence-electron chi connectivity index (χ1n) is 7.00. The molecule has 1 atom stereocenters. The highest BCUT2D eigenvalue weighted by molar-refractivity contribution is 7.99. The van der Waals surface area contributed by atoms with Crippen LogP contribution in [-0.4, -0.2) is 35.4 Å². The van der Waals surface area contributed by atoms with Crippen molar-refractivity contribution in [3.63, 3.8) is 0 Å². The van der Waals surface area contributed by atoms with Gasteiger partial charge in [0.25, 0.3) is 11.6 Å². The molecule has 0 aromatic heterocycles. The van der Waals surface area contributed by atoms with Crippen molar-refractivity contribution in [1.29, 1.82) is 0 Å². The highest BCUT2D eigenvalue weighted by Crippen LogP contribution is 2.26. The summed E-state index contributed by atoms with van der Waals surface area (Å²) in [5.41, 5.74) is 0.814. The quantitative estimate of drug-likeness (QED) is 0.623. The fourth-order valence-electron chi connectivity index (χ4n) is 2.25. The number of hydrogen-bond donors (Lipinski definition) is 2. The number of nitro benzene ring substituents is 1.